The zero-order valence-electron chi connectivity index (χ0n) is 16.3. The fraction of sp³-hybridized carbons (Fsp3) is 0.381. The minimum Gasteiger partial charge on any atom is -0.399 e. The van der Waals surface area contributed by atoms with Gasteiger partial charge in [0.25, 0.3) is 5.69 Å². The molecule has 2 N–H and O–H groups in total. The molecule has 2 aliphatic rings. The lowest BCUT2D eigenvalue weighted by Crippen LogP contribution is -2.48. The van der Waals surface area contributed by atoms with Crippen molar-refractivity contribution < 1.29 is 4.92 Å². The largest absolute Gasteiger partial charge is 0.399 e. The van der Waals surface area contributed by atoms with Crippen LogP contribution in [0.4, 0.5) is 5.69 Å². The number of halogens is 1. The van der Waals surface area contributed by atoms with Crippen LogP contribution in [0.1, 0.15) is 24.8 Å². The first kappa shape index (κ1) is 21.3. The molecule has 0 saturated heterocycles. The second-order valence-electron chi connectivity index (χ2n) is 7.40. The maximum Gasteiger partial charge on any atom is 0.274 e. The lowest BCUT2D eigenvalue weighted by molar-refractivity contribution is -0.385. The van der Waals surface area contributed by atoms with E-state index in [0.717, 1.165) is 13.0 Å². The first-order chi connectivity index (χ1) is 14.3. The second-order valence-corrected chi connectivity index (χ2v) is 7.83. The van der Waals surface area contributed by atoms with E-state index in [4.69, 9.17) is 17.3 Å². The van der Waals surface area contributed by atoms with Crippen LogP contribution >= 0.6 is 11.6 Å². The number of hydrogen-bond donors (Lipinski definition) is 1. The van der Waals surface area contributed by atoms with Gasteiger partial charge < -0.3 is 5.73 Å². The van der Waals surface area contributed by atoms with E-state index in [2.05, 4.69) is 11.0 Å². The molecule has 0 amide bonds. The molecule has 152 valence electrons. The number of rotatable bonds is 4. The van der Waals surface area contributed by atoms with Crippen LogP contribution in [0.15, 0.2) is 41.1 Å². The van der Waals surface area contributed by atoms with Crippen molar-refractivity contribution in [1.82, 2.24) is 4.90 Å². The summed E-state index contributed by atoms with van der Waals surface area (Å²) in [6.45, 7) is 3.87. The highest BCUT2D eigenvalue weighted by molar-refractivity contribution is 6.30. The quantitative estimate of drug-likeness (QED) is 0.578. The number of allylic oxidation sites excluding steroid dienone is 2. The van der Waals surface area contributed by atoms with Crippen LogP contribution in [0.25, 0.3) is 0 Å². The molecule has 1 heterocycles. The van der Waals surface area contributed by atoms with Crippen molar-refractivity contribution in [3.8, 4) is 18.2 Å². The minimum atomic E-state index is -1.92. The zero-order valence-corrected chi connectivity index (χ0v) is 17.1. The number of hydrogen-bond acceptors (Lipinski definition) is 7. The van der Waals surface area contributed by atoms with Crippen LogP contribution in [0.2, 0.25) is 5.02 Å². The van der Waals surface area contributed by atoms with Crippen molar-refractivity contribution >= 4 is 17.3 Å². The third kappa shape index (κ3) is 3.19. The predicted octanol–water partition coefficient (Wildman–Crippen LogP) is 3.38. The molecule has 9 heteroatoms. The number of nitrogens with two attached hydrogens (primary N) is 1. The smallest absolute Gasteiger partial charge is 0.274 e. The van der Waals surface area contributed by atoms with E-state index >= 15 is 0 Å². The van der Waals surface area contributed by atoms with Crippen molar-refractivity contribution in [3.63, 3.8) is 0 Å². The highest BCUT2D eigenvalue weighted by Gasteiger charge is 2.55. The van der Waals surface area contributed by atoms with Crippen LogP contribution in [0.5, 0.6) is 0 Å². The van der Waals surface area contributed by atoms with Crippen molar-refractivity contribution in [2.24, 2.45) is 17.1 Å². The molecule has 0 fully saturated rings. The monoisotopic (exact) mass is 422 g/mol. The van der Waals surface area contributed by atoms with Crippen LogP contribution in [-0.4, -0.2) is 29.5 Å². The highest BCUT2D eigenvalue weighted by Crippen LogP contribution is 2.55. The first-order valence-electron chi connectivity index (χ1n) is 9.44. The summed E-state index contributed by atoms with van der Waals surface area (Å²) in [6.07, 6.45) is 2.77. The Morgan fingerprint density at radius 2 is 2.07 bits per heavy atom. The number of nitro benzene ring substituents is 1. The lowest BCUT2D eigenvalue weighted by atomic mass is 9.58. The summed E-state index contributed by atoms with van der Waals surface area (Å²) < 4.78 is 0. The van der Waals surface area contributed by atoms with Gasteiger partial charge in [0, 0.05) is 41.6 Å². The molecule has 8 nitrogen and oxygen atoms in total. The summed E-state index contributed by atoms with van der Waals surface area (Å²) in [5.74, 6) is -1.40. The molecule has 30 heavy (non-hydrogen) atoms. The molecule has 1 aliphatic carbocycles. The Morgan fingerprint density at radius 3 is 2.63 bits per heavy atom. The maximum atomic E-state index is 11.8. The van der Waals surface area contributed by atoms with Gasteiger partial charge in [-0.05, 0) is 24.6 Å². The summed E-state index contributed by atoms with van der Waals surface area (Å²) >= 11 is 5.98. The Balaban J connectivity index is 2.36. The average molecular weight is 423 g/mol. The van der Waals surface area contributed by atoms with E-state index in [-0.39, 0.29) is 27.5 Å². The third-order valence-electron chi connectivity index (χ3n) is 5.80. The van der Waals surface area contributed by atoms with Gasteiger partial charge in [0.05, 0.1) is 28.3 Å². The molecule has 2 atom stereocenters. The molecule has 0 radical (unpaired) electrons. The van der Waals surface area contributed by atoms with Gasteiger partial charge in [0.15, 0.2) is 5.41 Å². The molecule has 1 aromatic carbocycles. The number of fused-ring (bicyclic) bond motifs is 1. The van der Waals surface area contributed by atoms with Gasteiger partial charge in [-0.3, -0.25) is 15.0 Å². The van der Waals surface area contributed by atoms with Gasteiger partial charge in [-0.2, -0.15) is 15.8 Å². The fourth-order valence-corrected chi connectivity index (χ4v) is 4.69. The number of benzene rings is 1. The molecule has 0 spiro atoms. The lowest BCUT2D eigenvalue weighted by Gasteiger charge is -2.45. The van der Waals surface area contributed by atoms with E-state index in [1.165, 1.54) is 18.2 Å². The van der Waals surface area contributed by atoms with Crippen molar-refractivity contribution in [3.05, 3.63) is 61.8 Å². The predicted molar refractivity (Wildman–Crippen MR) is 110 cm³/mol. The van der Waals surface area contributed by atoms with Gasteiger partial charge in [0.2, 0.25) is 0 Å². The Hall–Kier alpha value is -3.38. The van der Waals surface area contributed by atoms with Crippen LogP contribution in [0, 0.1) is 55.4 Å². The van der Waals surface area contributed by atoms with E-state index in [1.807, 2.05) is 25.1 Å². The second kappa shape index (κ2) is 8.16. The minimum absolute atomic E-state index is 0.118. The third-order valence-corrected chi connectivity index (χ3v) is 6.04. The topological polar surface area (TPSA) is 144 Å². The van der Waals surface area contributed by atoms with Gasteiger partial charge in [0.1, 0.15) is 6.07 Å². The van der Waals surface area contributed by atoms with Crippen molar-refractivity contribution in [2.45, 2.75) is 19.3 Å². The average Bonchev–Trinajstić information content (AvgIpc) is 2.73. The van der Waals surface area contributed by atoms with Crippen molar-refractivity contribution in [2.75, 3.05) is 19.6 Å². The molecule has 1 aliphatic heterocycles. The standard InChI is InChI=1S/C21H19ClN6O2/c1-2-6-27-7-5-14-16(9-23)20(26)21(11-24,12-25)19(17(14)10-27)15-4-3-13(22)8-18(15)28(29)30/h3-5,8,17,19H,2,6-7,10,26H2,1H3/t17-,19+/m1/s1. The number of nitriles is 3. The maximum absolute atomic E-state index is 11.8. The van der Waals surface area contributed by atoms with Gasteiger partial charge >= 0.3 is 0 Å². The fourth-order valence-electron chi connectivity index (χ4n) is 4.52. The summed E-state index contributed by atoms with van der Waals surface area (Å²) in [6, 6.07) is 10.2. The summed E-state index contributed by atoms with van der Waals surface area (Å²) in [4.78, 5) is 13.4. The van der Waals surface area contributed by atoms with Gasteiger partial charge in [-0.15, -0.1) is 0 Å². The molecule has 0 unspecified atom stereocenters. The Labute approximate surface area is 179 Å². The molecule has 0 bridgehead atoms. The van der Waals surface area contributed by atoms with Crippen LogP contribution in [0.3, 0.4) is 0 Å². The van der Waals surface area contributed by atoms with Gasteiger partial charge in [-0.25, -0.2) is 0 Å². The van der Waals surface area contributed by atoms with E-state index < -0.39 is 22.2 Å². The van der Waals surface area contributed by atoms with Crippen LogP contribution < -0.4 is 5.73 Å². The number of nitro groups is 1. The number of nitrogens with zero attached hydrogens (tertiary/aromatic N) is 5. The molecular formula is C21H19ClN6O2. The molecular weight excluding hydrogens is 404 g/mol. The van der Waals surface area contributed by atoms with E-state index in [9.17, 15) is 25.9 Å². The van der Waals surface area contributed by atoms with Crippen LogP contribution in [-0.2, 0) is 0 Å². The summed E-state index contributed by atoms with van der Waals surface area (Å²) in [5, 5.41) is 41.9. The Morgan fingerprint density at radius 1 is 1.37 bits per heavy atom. The Bertz CT molecular complexity index is 1070. The molecule has 1 aromatic rings. The summed E-state index contributed by atoms with van der Waals surface area (Å²) in [5.41, 5.74) is 4.85. The molecule has 3 rings (SSSR count). The first-order valence-corrected chi connectivity index (χ1v) is 9.81. The Kier molecular flexibility index (Phi) is 5.80. The SMILES string of the molecule is CCCN1CC=C2C(C#N)=C(N)C(C#N)(C#N)[C@@H](c3ccc(Cl)cc3[N+](=O)[O-])[C@@H]2C1. The van der Waals surface area contributed by atoms with E-state index in [1.54, 1.807) is 0 Å². The summed E-state index contributed by atoms with van der Waals surface area (Å²) in [7, 11) is 0. The molecule has 0 aromatic heterocycles. The van der Waals surface area contributed by atoms with E-state index in [0.29, 0.717) is 18.7 Å². The highest BCUT2D eigenvalue weighted by atomic mass is 35.5. The zero-order chi connectivity index (χ0) is 22.1. The van der Waals surface area contributed by atoms with Crippen molar-refractivity contribution in [1.29, 1.82) is 15.8 Å². The van der Waals surface area contributed by atoms with Gasteiger partial charge in [-0.1, -0.05) is 30.7 Å². The molecule has 0 saturated carbocycles. The normalized spacial score (nSPS) is 22.8.